The Hall–Kier alpha value is -1.17. The normalized spacial score (nSPS) is 15.8. The van der Waals surface area contributed by atoms with E-state index in [-0.39, 0.29) is 5.91 Å². The van der Waals surface area contributed by atoms with Crippen molar-refractivity contribution in [3.63, 3.8) is 0 Å². The molecular formula is C14H16ClN3OS. The van der Waals surface area contributed by atoms with E-state index < -0.39 is 0 Å². The SMILES string of the molecule is O=C(CNC1CCCC1)Nc1c(Cl)ccc2scnc12. The van der Waals surface area contributed by atoms with Crippen LogP contribution >= 0.6 is 22.9 Å². The van der Waals surface area contributed by atoms with Crippen LogP contribution in [0.2, 0.25) is 5.02 Å². The van der Waals surface area contributed by atoms with Gasteiger partial charge in [-0.2, -0.15) is 0 Å². The summed E-state index contributed by atoms with van der Waals surface area (Å²) >= 11 is 7.70. The third-order valence-corrected chi connectivity index (χ3v) is 4.73. The minimum absolute atomic E-state index is 0.0701. The first-order chi connectivity index (χ1) is 9.74. The smallest absolute Gasteiger partial charge is 0.238 e. The maximum atomic E-state index is 12.0. The number of rotatable bonds is 4. The van der Waals surface area contributed by atoms with E-state index in [1.54, 1.807) is 11.6 Å². The van der Waals surface area contributed by atoms with Crippen LogP contribution in [0.25, 0.3) is 10.2 Å². The predicted molar refractivity (Wildman–Crippen MR) is 83.5 cm³/mol. The summed E-state index contributed by atoms with van der Waals surface area (Å²) in [4.78, 5) is 16.3. The molecule has 1 fully saturated rings. The number of hydrogen-bond acceptors (Lipinski definition) is 4. The van der Waals surface area contributed by atoms with Crippen molar-refractivity contribution in [3.05, 3.63) is 22.7 Å². The first-order valence-corrected chi connectivity index (χ1v) is 8.05. The zero-order chi connectivity index (χ0) is 13.9. The minimum Gasteiger partial charge on any atom is -0.322 e. The number of thiazole rings is 1. The van der Waals surface area contributed by atoms with Gasteiger partial charge in [0.25, 0.3) is 0 Å². The minimum atomic E-state index is -0.0701. The average Bonchev–Trinajstić information content (AvgIpc) is 3.10. The molecule has 4 nitrogen and oxygen atoms in total. The van der Waals surface area contributed by atoms with Crippen LogP contribution in [0.1, 0.15) is 25.7 Å². The Morgan fingerprint density at radius 1 is 1.40 bits per heavy atom. The second kappa shape index (κ2) is 6.08. The molecule has 0 bridgehead atoms. The zero-order valence-electron chi connectivity index (χ0n) is 11.0. The lowest BCUT2D eigenvalue weighted by atomic mass is 10.2. The number of carbonyl (C=O) groups excluding carboxylic acids is 1. The molecule has 0 aliphatic heterocycles. The van der Waals surface area contributed by atoms with Crippen molar-refractivity contribution in [2.45, 2.75) is 31.7 Å². The van der Waals surface area contributed by atoms with E-state index >= 15 is 0 Å². The number of anilines is 1. The molecule has 1 amide bonds. The van der Waals surface area contributed by atoms with Crippen molar-refractivity contribution in [2.75, 3.05) is 11.9 Å². The number of nitrogens with zero attached hydrogens (tertiary/aromatic N) is 1. The fraction of sp³-hybridized carbons (Fsp3) is 0.429. The number of amides is 1. The molecule has 0 unspecified atom stereocenters. The molecule has 2 N–H and O–H groups in total. The summed E-state index contributed by atoms with van der Waals surface area (Å²) in [5.41, 5.74) is 3.13. The van der Waals surface area contributed by atoms with Crippen molar-refractivity contribution in [3.8, 4) is 0 Å². The molecule has 0 radical (unpaired) electrons. The molecule has 1 aromatic carbocycles. The van der Waals surface area contributed by atoms with E-state index in [0.717, 1.165) is 23.1 Å². The molecule has 3 rings (SSSR count). The van der Waals surface area contributed by atoms with Crippen LogP contribution < -0.4 is 10.6 Å². The van der Waals surface area contributed by atoms with E-state index in [1.165, 1.54) is 24.2 Å². The second-order valence-electron chi connectivity index (χ2n) is 5.03. The summed E-state index contributed by atoms with van der Waals surface area (Å²) in [6.07, 6.45) is 4.83. The van der Waals surface area contributed by atoms with Gasteiger partial charge in [-0.15, -0.1) is 11.3 Å². The highest BCUT2D eigenvalue weighted by atomic mass is 35.5. The van der Waals surface area contributed by atoms with Crippen LogP contribution in [0.4, 0.5) is 5.69 Å². The Morgan fingerprint density at radius 3 is 3.00 bits per heavy atom. The number of aromatic nitrogens is 1. The van der Waals surface area contributed by atoms with E-state index in [9.17, 15) is 4.79 Å². The monoisotopic (exact) mass is 309 g/mol. The third-order valence-electron chi connectivity index (χ3n) is 3.62. The number of halogens is 1. The lowest BCUT2D eigenvalue weighted by molar-refractivity contribution is -0.115. The fourth-order valence-corrected chi connectivity index (χ4v) is 3.46. The maximum absolute atomic E-state index is 12.0. The zero-order valence-corrected chi connectivity index (χ0v) is 12.6. The topological polar surface area (TPSA) is 54.0 Å². The van der Waals surface area contributed by atoms with Crippen molar-refractivity contribution in [2.24, 2.45) is 0 Å². The molecule has 0 atom stereocenters. The second-order valence-corrected chi connectivity index (χ2v) is 6.33. The first kappa shape index (κ1) is 13.8. The highest BCUT2D eigenvalue weighted by Gasteiger charge is 2.16. The number of hydrogen-bond donors (Lipinski definition) is 2. The Balaban J connectivity index is 1.67. The number of benzene rings is 1. The number of fused-ring (bicyclic) bond motifs is 1. The van der Waals surface area contributed by atoms with Gasteiger partial charge in [-0.25, -0.2) is 4.98 Å². The largest absolute Gasteiger partial charge is 0.322 e. The number of nitrogens with one attached hydrogen (secondary N) is 2. The van der Waals surface area contributed by atoms with Gasteiger partial charge in [0, 0.05) is 6.04 Å². The standard InChI is InChI=1S/C14H16ClN3OS/c15-10-5-6-11-14(17-8-20-11)13(10)18-12(19)7-16-9-3-1-2-4-9/h5-6,8-9,16H,1-4,7H2,(H,18,19). The maximum Gasteiger partial charge on any atom is 0.238 e. The molecule has 6 heteroatoms. The summed E-state index contributed by atoms with van der Waals surface area (Å²) in [6, 6.07) is 4.19. The quantitative estimate of drug-likeness (QED) is 0.910. The lowest BCUT2D eigenvalue weighted by Crippen LogP contribution is -2.34. The van der Waals surface area contributed by atoms with Crippen molar-refractivity contribution >= 4 is 44.7 Å². The van der Waals surface area contributed by atoms with Gasteiger partial charge in [0.2, 0.25) is 5.91 Å². The van der Waals surface area contributed by atoms with Crippen LogP contribution in [0.5, 0.6) is 0 Å². The van der Waals surface area contributed by atoms with E-state index in [1.807, 2.05) is 6.07 Å². The number of carbonyl (C=O) groups is 1. The predicted octanol–water partition coefficient (Wildman–Crippen LogP) is 3.42. The Morgan fingerprint density at radius 2 is 2.20 bits per heavy atom. The summed E-state index contributed by atoms with van der Waals surface area (Å²) in [6.45, 7) is 0.321. The Labute approximate surface area is 126 Å². The highest BCUT2D eigenvalue weighted by molar-refractivity contribution is 7.16. The molecule has 0 saturated heterocycles. The molecular weight excluding hydrogens is 294 g/mol. The fourth-order valence-electron chi connectivity index (χ4n) is 2.58. The van der Waals surface area contributed by atoms with Gasteiger partial charge in [-0.3, -0.25) is 4.79 Å². The van der Waals surface area contributed by atoms with Crippen molar-refractivity contribution in [1.29, 1.82) is 0 Å². The summed E-state index contributed by atoms with van der Waals surface area (Å²) in [5, 5.41) is 6.69. The van der Waals surface area contributed by atoms with Gasteiger partial charge >= 0.3 is 0 Å². The molecule has 20 heavy (non-hydrogen) atoms. The van der Waals surface area contributed by atoms with Crippen LogP contribution in [0, 0.1) is 0 Å². The summed E-state index contributed by atoms with van der Waals surface area (Å²) in [7, 11) is 0. The molecule has 1 aliphatic rings. The Bertz CT molecular complexity index is 622. The van der Waals surface area contributed by atoms with Crippen molar-refractivity contribution in [1.82, 2.24) is 10.3 Å². The third kappa shape index (κ3) is 2.95. The van der Waals surface area contributed by atoms with Gasteiger partial charge in [0.15, 0.2) is 0 Å². The molecule has 1 aromatic heterocycles. The highest BCUT2D eigenvalue weighted by Crippen LogP contribution is 2.32. The van der Waals surface area contributed by atoms with E-state index in [2.05, 4.69) is 15.6 Å². The van der Waals surface area contributed by atoms with Gasteiger partial charge in [-0.05, 0) is 25.0 Å². The van der Waals surface area contributed by atoms with Crippen molar-refractivity contribution < 1.29 is 4.79 Å². The molecule has 1 saturated carbocycles. The molecule has 1 aliphatic carbocycles. The summed E-state index contributed by atoms with van der Waals surface area (Å²) in [5.74, 6) is -0.0701. The van der Waals surface area contributed by atoms with Gasteiger partial charge in [0.05, 0.1) is 27.5 Å². The van der Waals surface area contributed by atoms with Gasteiger partial charge in [-0.1, -0.05) is 24.4 Å². The van der Waals surface area contributed by atoms with Crippen LogP contribution in [-0.4, -0.2) is 23.5 Å². The van der Waals surface area contributed by atoms with E-state index in [0.29, 0.717) is 23.3 Å². The average molecular weight is 310 g/mol. The molecule has 1 heterocycles. The molecule has 2 aromatic rings. The van der Waals surface area contributed by atoms with Gasteiger partial charge in [0.1, 0.15) is 5.52 Å². The van der Waals surface area contributed by atoms with Crippen LogP contribution in [0.3, 0.4) is 0 Å². The van der Waals surface area contributed by atoms with Crippen LogP contribution in [-0.2, 0) is 4.79 Å². The lowest BCUT2D eigenvalue weighted by Gasteiger charge is -2.12. The first-order valence-electron chi connectivity index (χ1n) is 6.79. The van der Waals surface area contributed by atoms with E-state index in [4.69, 9.17) is 11.6 Å². The summed E-state index contributed by atoms with van der Waals surface area (Å²) < 4.78 is 1.02. The van der Waals surface area contributed by atoms with Gasteiger partial charge < -0.3 is 10.6 Å². The molecule has 106 valence electrons. The van der Waals surface area contributed by atoms with Crippen LogP contribution in [0.15, 0.2) is 17.6 Å². The Kier molecular flexibility index (Phi) is 4.19. The molecule has 0 spiro atoms.